The van der Waals surface area contributed by atoms with Crippen LogP contribution in [0.2, 0.25) is 5.02 Å². The van der Waals surface area contributed by atoms with Crippen LogP contribution in [-0.2, 0) is 0 Å². The monoisotopic (exact) mass is 251 g/mol. The number of halogens is 1. The minimum absolute atomic E-state index is 0.149. The molecule has 6 heteroatoms. The van der Waals surface area contributed by atoms with E-state index in [1.54, 1.807) is 18.2 Å². The van der Waals surface area contributed by atoms with Gasteiger partial charge in [-0.1, -0.05) is 17.5 Å². The van der Waals surface area contributed by atoms with Crippen LogP contribution < -0.4 is 15.9 Å². The van der Waals surface area contributed by atoms with E-state index in [1.807, 2.05) is 0 Å². The molecule has 0 saturated heterocycles. The number of amides is 2. The van der Waals surface area contributed by atoms with Crippen LogP contribution in [0.25, 0.3) is 0 Å². The van der Waals surface area contributed by atoms with Crippen molar-refractivity contribution in [1.29, 1.82) is 0 Å². The molecule has 88 valence electrons. The average Bonchev–Trinajstić information content (AvgIpc) is 2.27. The first-order valence-corrected chi connectivity index (χ1v) is 4.95. The highest BCUT2D eigenvalue weighted by molar-refractivity contribution is 6.32. The van der Waals surface area contributed by atoms with Crippen molar-refractivity contribution >= 4 is 23.8 Å². The lowest BCUT2D eigenvalue weighted by molar-refractivity contribution is 0.249. The molecule has 3 N–H and O–H groups in total. The van der Waals surface area contributed by atoms with Crippen LogP contribution in [0.15, 0.2) is 23.3 Å². The normalized spacial score (nSPS) is 9.88. The predicted octanol–water partition coefficient (Wildman–Crippen LogP) is 1.35. The molecule has 17 heavy (non-hydrogen) atoms. The Bertz CT molecular complexity index is 480. The minimum Gasteiger partial charge on any atom is -0.479 e. The predicted molar refractivity (Wildman–Crippen MR) is 66.1 cm³/mol. The standard InChI is InChI=1S/C11H10ClN3O2/c1-2-5-17-10-4-3-8(6-9(10)12)7-14-15-11(13)16/h1,3-4,6-7H,5H2,(H3,13,15,16). The highest BCUT2D eigenvalue weighted by Crippen LogP contribution is 2.24. The van der Waals surface area contributed by atoms with E-state index >= 15 is 0 Å². The summed E-state index contributed by atoms with van der Waals surface area (Å²) in [6, 6.07) is 4.26. The number of benzene rings is 1. The zero-order chi connectivity index (χ0) is 12.7. The molecular formula is C11H10ClN3O2. The Kier molecular flexibility index (Phi) is 4.85. The molecule has 0 aliphatic rings. The van der Waals surface area contributed by atoms with Gasteiger partial charge in [-0.05, 0) is 23.8 Å². The summed E-state index contributed by atoms with van der Waals surface area (Å²) in [6.07, 6.45) is 6.46. The number of rotatable bonds is 4. The molecule has 0 fully saturated rings. The first kappa shape index (κ1) is 12.9. The lowest BCUT2D eigenvalue weighted by atomic mass is 10.2. The van der Waals surface area contributed by atoms with Gasteiger partial charge in [-0.2, -0.15) is 5.10 Å². The summed E-state index contributed by atoms with van der Waals surface area (Å²) in [4.78, 5) is 10.4. The van der Waals surface area contributed by atoms with Gasteiger partial charge in [0.25, 0.3) is 0 Å². The third-order valence-electron chi connectivity index (χ3n) is 1.66. The van der Waals surface area contributed by atoms with E-state index in [-0.39, 0.29) is 6.61 Å². The van der Waals surface area contributed by atoms with E-state index in [9.17, 15) is 4.79 Å². The largest absolute Gasteiger partial charge is 0.479 e. The number of carbonyl (C=O) groups is 1. The first-order valence-electron chi connectivity index (χ1n) is 4.58. The van der Waals surface area contributed by atoms with Crippen molar-refractivity contribution in [1.82, 2.24) is 5.43 Å². The van der Waals surface area contributed by atoms with Gasteiger partial charge in [-0.25, -0.2) is 10.2 Å². The van der Waals surface area contributed by atoms with Crippen LogP contribution >= 0.6 is 11.6 Å². The summed E-state index contributed by atoms with van der Waals surface area (Å²) in [5, 5.41) is 4.00. The number of nitrogens with zero attached hydrogens (tertiary/aromatic N) is 1. The molecule has 0 heterocycles. The van der Waals surface area contributed by atoms with Crippen molar-refractivity contribution in [3.8, 4) is 18.1 Å². The number of nitrogens with two attached hydrogens (primary N) is 1. The lowest BCUT2D eigenvalue weighted by Crippen LogP contribution is -2.24. The molecule has 0 aliphatic carbocycles. The highest BCUT2D eigenvalue weighted by atomic mass is 35.5. The van der Waals surface area contributed by atoms with Crippen molar-refractivity contribution < 1.29 is 9.53 Å². The highest BCUT2D eigenvalue weighted by Gasteiger charge is 2.01. The molecule has 0 aliphatic heterocycles. The molecule has 0 saturated carbocycles. The first-order chi connectivity index (χ1) is 8.13. The van der Waals surface area contributed by atoms with E-state index < -0.39 is 6.03 Å². The number of hydrogen-bond acceptors (Lipinski definition) is 3. The Morgan fingerprint density at radius 3 is 3.06 bits per heavy atom. The SMILES string of the molecule is C#CCOc1ccc(C=NNC(N)=O)cc1Cl. The van der Waals surface area contributed by atoms with Crippen molar-refractivity contribution in [3.05, 3.63) is 28.8 Å². The Morgan fingerprint density at radius 2 is 2.47 bits per heavy atom. The number of primary amides is 1. The maximum atomic E-state index is 10.4. The second-order valence-electron chi connectivity index (χ2n) is 2.92. The summed E-state index contributed by atoms with van der Waals surface area (Å²) in [7, 11) is 0. The van der Waals surface area contributed by atoms with Gasteiger partial charge >= 0.3 is 6.03 Å². The molecular weight excluding hydrogens is 242 g/mol. The van der Waals surface area contributed by atoms with Gasteiger partial charge in [0.1, 0.15) is 12.4 Å². The Hall–Kier alpha value is -2.19. The van der Waals surface area contributed by atoms with Crippen LogP contribution in [0.3, 0.4) is 0 Å². The summed E-state index contributed by atoms with van der Waals surface area (Å²) in [5.74, 6) is 2.83. The fourth-order valence-electron chi connectivity index (χ4n) is 1.00. The van der Waals surface area contributed by atoms with Gasteiger partial charge < -0.3 is 10.5 Å². The van der Waals surface area contributed by atoms with E-state index in [1.165, 1.54) is 6.21 Å². The number of hydrogen-bond donors (Lipinski definition) is 2. The van der Waals surface area contributed by atoms with Crippen LogP contribution in [0.1, 0.15) is 5.56 Å². The second-order valence-corrected chi connectivity index (χ2v) is 3.32. The number of nitrogens with one attached hydrogen (secondary N) is 1. The van der Waals surface area contributed by atoms with Gasteiger partial charge in [-0.15, -0.1) is 6.42 Å². The molecule has 0 bridgehead atoms. The van der Waals surface area contributed by atoms with E-state index in [0.29, 0.717) is 16.3 Å². The zero-order valence-corrected chi connectivity index (χ0v) is 9.57. The molecule has 0 radical (unpaired) electrons. The van der Waals surface area contributed by atoms with Gasteiger partial charge in [0.05, 0.1) is 11.2 Å². The molecule has 1 rings (SSSR count). The molecule has 0 atom stereocenters. The quantitative estimate of drug-likeness (QED) is 0.481. The van der Waals surface area contributed by atoms with E-state index in [0.717, 1.165) is 0 Å². The molecule has 1 aromatic rings. The van der Waals surface area contributed by atoms with Crippen molar-refractivity contribution in [3.63, 3.8) is 0 Å². The number of urea groups is 1. The number of hydrazone groups is 1. The van der Waals surface area contributed by atoms with Crippen molar-refractivity contribution in [2.75, 3.05) is 6.61 Å². The average molecular weight is 252 g/mol. The molecule has 1 aromatic carbocycles. The Labute approximate surface area is 104 Å². The van der Waals surface area contributed by atoms with Gasteiger partial charge in [0.2, 0.25) is 0 Å². The number of ether oxygens (including phenoxy) is 1. The fourth-order valence-corrected chi connectivity index (χ4v) is 1.25. The van der Waals surface area contributed by atoms with Gasteiger partial charge in [0, 0.05) is 0 Å². The van der Waals surface area contributed by atoms with E-state index in [4.69, 9.17) is 28.5 Å². The Balaban J connectivity index is 2.72. The zero-order valence-electron chi connectivity index (χ0n) is 8.81. The summed E-state index contributed by atoms with van der Waals surface area (Å²) in [5.41, 5.74) is 7.60. The summed E-state index contributed by atoms with van der Waals surface area (Å²) >= 11 is 5.94. The third kappa shape index (κ3) is 4.45. The molecule has 0 unspecified atom stereocenters. The Morgan fingerprint density at radius 1 is 1.71 bits per heavy atom. The fraction of sp³-hybridized carbons (Fsp3) is 0.0909. The topological polar surface area (TPSA) is 76.7 Å². The van der Waals surface area contributed by atoms with Crippen molar-refractivity contribution in [2.24, 2.45) is 10.8 Å². The molecule has 5 nitrogen and oxygen atoms in total. The maximum absolute atomic E-state index is 10.4. The summed E-state index contributed by atoms with van der Waals surface area (Å²) in [6.45, 7) is 0.149. The smallest absolute Gasteiger partial charge is 0.332 e. The lowest BCUT2D eigenvalue weighted by Gasteiger charge is -2.04. The second kappa shape index (κ2) is 6.40. The van der Waals surface area contributed by atoms with Crippen LogP contribution in [0.5, 0.6) is 5.75 Å². The number of carbonyl (C=O) groups excluding carboxylic acids is 1. The maximum Gasteiger partial charge on any atom is 0.332 e. The van der Waals surface area contributed by atoms with Gasteiger partial charge in [-0.3, -0.25) is 0 Å². The minimum atomic E-state index is -0.735. The van der Waals surface area contributed by atoms with Crippen LogP contribution in [-0.4, -0.2) is 18.9 Å². The molecule has 2 amide bonds. The summed E-state index contributed by atoms with van der Waals surface area (Å²) < 4.78 is 5.18. The molecule has 0 spiro atoms. The van der Waals surface area contributed by atoms with E-state index in [2.05, 4.69) is 16.4 Å². The third-order valence-corrected chi connectivity index (χ3v) is 1.95. The number of terminal acetylenes is 1. The van der Waals surface area contributed by atoms with Crippen molar-refractivity contribution in [2.45, 2.75) is 0 Å². The van der Waals surface area contributed by atoms with Crippen LogP contribution in [0, 0.1) is 12.3 Å². The molecule has 0 aromatic heterocycles. The van der Waals surface area contributed by atoms with Crippen LogP contribution in [0.4, 0.5) is 4.79 Å². The van der Waals surface area contributed by atoms with Gasteiger partial charge in [0.15, 0.2) is 0 Å².